The maximum absolute atomic E-state index is 5.58. The van der Waals surface area contributed by atoms with E-state index in [2.05, 4.69) is 35.6 Å². The predicted octanol–water partition coefficient (Wildman–Crippen LogP) is 3.04. The van der Waals surface area contributed by atoms with Gasteiger partial charge >= 0.3 is 0 Å². The minimum Gasteiger partial charge on any atom is -0.494 e. The first kappa shape index (κ1) is 18.7. The summed E-state index contributed by atoms with van der Waals surface area (Å²) in [6, 6.07) is 0. The third-order valence-corrected chi connectivity index (χ3v) is 2.59. The van der Waals surface area contributed by atoms with Gasteiger partial charge in [0.05, 0.1) is 6.61 Å². The molecule has 1 heterocycles. The molecule has 0 saturated carbocycles. The van der Waals surface area contributed by atoms with Crippen molar-refractivity contribution in [2.45, 2.75) is 34.6 Å². The van der Waals surface area contributed by atoms with E-state index >= 15 is 0 Å². The van der Waals surface area contributed by atoms with Crippen LogP contribution in [0.1, 0.15) is 34.6 Å². The lowest BCUT2D eigenvalue weighted by Crippen LogP contribution is -2.42. The van der Waals surface area contributed by atoms with Crippen LogP contribution in [0.15, 0.2) is 29.2 Å². The molecule has 116 valence electrons. The monoisotopic (exact) mass is 281 g/mol. The molecule has 0 aromatic heterocycles. The summed E-state index contributed by atoms with van der Waals surface area (Å²) in [4.78, 5) is 6.66. The SMILES string of the molecule is C=C(/C=C(\N=C/C)N1CCNCC1)OCC(C)C.CC. The highest BCUT2D eigenvalue weighted by Gasteiger charge is 2.12. The largest absolute Gasteiger partial charge is 0.494 e. The molecule has 1 saturated heterocycles. The number of nitrogens with one attached hydrogen (secondary N) is 1. The molecule has 0 unspecified atom stereocenters. The molecule has 4 nitrogen and oxygen atoms in total. The molecule has 0 amide bonds. The van der Waals surface area contributed by atoms with Crippen LogP contribution in [0.25, 0.3) is 0 Å². The summed E-state index contributed by atoms with van der Waals surface area (Å²) in [5.41, 5.74) is 0. The van der Waals surface area contributed by atoms with Crippen molar-refractivity contribution in [3.8, 4) is 0 Å². The van der Waals surface area contributed by atoms with Crippen LogP contribution in [0, 0.1) is 5.92 Å². The normalized spacial score (nSPS) is 16.1. The lowest BCUT2D eigenvalue weighted by molar-refractivity contribution is 0.189. The minimum absolute atomic E-state index is 0.507. The molecule has 0 bridgehead atoms. The van der Waals surface area contributed by atoms with Crippen molar-refractivity contribution >= 4 is 6.21 Å². The molecule has 1 aliphatic heterocycles. The van der Waals surface area contributed by atoms with Crippen molar-refractivity contribution in [3.63, 3.8) is 0 Å². The molecule has 1 aliphatic rings. The Labute approximate surface area is 124 Å². The summed E-state index contributed by atoms with van der Waals surface area (Å²) in [5, 5.41) is 3.33. The first-order valence-electron chi connectivity index (χ1n) is 7.61. The van der Waals surface area contributed by atoms with E-state index in [1.807, 2.05) is 33.1 Å². The smallest absolute Gasteiger partial charge is 0.131 e. The Kier molecular flexibility index (Phi) is 10.8. The van der Waals surface area contributed by atoms with E-state index in [9.17, 15) is 0 Å². The summed E-state index contributed by atoms with van der Waals surface area (Å²) < 4.78 is 5.58. The van der Waals surface area contributed by atoms with Gasteiger partial charge in [0.2, 0.25) is 0 Å². The van der Waals surface area contributed by atoms with E-state index in [0.29, 0.717) is 18.3 Å². The molecule has 1 fully saturated rings. The third kappa shape index (κ3) is 8.00. The highest BCUT2D eigenvalue weighted by Crippen LogP contribution is 2.11. The molecule has 1 N–H and O–H groups in total. The van der Waals surface area contributed by atoms with Gasteiger partial charge in [-0.3, -0.25) is 0 Å². The molecule has 20 heavy (non-hydrogen) atoms. The maximum Gasteiger partial charge on any atom is 0.131 e. The lowest BCUT2D eigenvalue weighted by Gasteiger charge is -2.29. The number of piperazine rings is 1. The summed E-state index contributed by atoms with van der Waals surface area (Å²) in [6.45, 7) is 18.7. The molecular weight excluding hydrogens is 250 g/mol. The molecule has 0 spiro atoms. The number of hydrogen-bond donors (Lipinski definition) is 1. The van der Waals surface area contributed by atoms with Crippen molar-refractivity contribution in [2.75, 3.05) is 32.8 Å². The highest BCUT2D eigenvalue weighted by atomic mass is 16.5. The Bertz CT molecular complexity index is 316. The van der Waals surface area contributed by atoms with Gasteiger partial charge < -0.3 is 15.0 Å². The van der Waals surface area contributed by atoms with E-state index in [4.69, 9.17) is 4.74 Å². The molecule has 1 rings (SSSR count). The summed E-state index contributed by atoms with van der Waals surface area (Å²) in [5.74, 6) is 2.13. The molecule has 0 aliphatic carbocycles. The van der Waals surface area contributed by atoms with Gasteiger partial charge in [-0.25, -0.2) is 4.99 Å². The van der Waals surface area contributed by atoms with Crippen molar-refractivity contribution < 1.29 is 4.74 Å². The van der Waals surface area contributed by atoms with Gasteiger partial charge in [0, 0.05) is 38.5 Å². The van der Waals surface area contributed by atoms with Crippen molar-refractivity contribution in [1.29, 1.82) is 0 Å². The molecule has 0 aromatic rings. The van der Waals surface area contributed by atoms with Crippen LogP contribution >= 0.6 is 0 Å². The number of hydrogen-bond acceptors (Lipinski definition) is 4. The van der Waals surface area contributed by atoms with Crippen molar-refractivity contribution in [2.24, 2.45) is 10.9 Å². The van der Waals surface area contributed by atoms with Crippen LogP contribution < -0.4 is 5.32 Å². The van der Waals surface area contributed by atoms with Gasteiger partial charge in [0.15, 0.2) is 0 Å². The van der Waals surface area contributed by atoms with E-state index < -0.39 is 0 Å². The van der Waals surface area contributed by atoms with Crippen molar-refractivity contribution in [3.05, 3.63) is 24.2 Å². The van der Waals surface area contributed by atoms with Crippen LogP contribution in [0.2, 0.25) is 0 Å². The van der Waals surface area contributed by atoms with Crippen LogP contribution in [0.5, 0.6) is 0 Å². The second-order valence-corrected chi connectivity index (χ2v) is 4.80. The molecule has 0 radical (unpaired) electrons. The summed E-state index contributed by atoms with van der Waals surface area (Å²) >= 11 is 0. The van der Waals surface area contributed by atoms with Crippen molar-refractivity contribution in [1.82, 2.24) is 10.2 Å². The van der Waals surface area contributed by atoms with Gasteiger partial charge in [0.25, 0.3) is 0 Å². The van der Waals surface area contributed by atoms with E-state index in [1.165, 1.54) is 0 Å². The fourth-order valence-corrected chi connectivity index (χ4v) is 1.70. The van der Waals surface area contributed by atoms with E-state index in [-0.39, 0.29) is 0 Å². The fraction of sp³-hybridized carbons (Fsp3) is 0.688. The Morgan fingerprint density at radius 2 is 1.95 bits per heavy atom. The zero-order valence-corrected chi connectivity index (χ0v) is 13.8. The number of nitrogens with zero attached hydrogens (tertiary/aromatic N) is 2. The molecule has 0 aromatic carbocycles. The van der Waals surface area contributed by atoms with E-state index in [0.717, 1.165) is 32.0 Å². The zero-order valence-electron chi connectivity index (χ0n) is 13.8. The maximum atomic E-state index is 5.58. The van der Waals surface area contributed by atoms with Crippen LogP contribution in [0.4, 0.5) is 0 Å². The number of allylic oxidation sites excluding steroid dienone is 1. The number of aliphatic imine (C=N–C) groups is 1. The van der Waals surface area contributed by atoms with Gasteiger partial charge in [0.1, 0.15) is 11.6 Å². The number of rotatable bonds is 6. The standard InChI is InChI=1S/C14H25N3O.C2H6/c1-5-16-14(17-8-6-15-7-9-17)10-13(4)18-11-12(2)3;1-2/h5,10,12,15H,4,6-9,11H2,1-3H3;1-2H3/b14-10+,16-5-;. The second kappa shape index (κ2) is 11.5. The Hall–Kier alpha value is -1.29. The molecule has 4 heteroatoms. The predicted molar refractivity (Wildman–Crippen MR) is 88.0 cm³/mol. The van der Waals surface area contributed by atoms with Gasteiger partial charge in [-0.05, 0) is 12.8 Å². The average molecular weight is 281 g/mol. The Balaban J connectivity index is 0.00000172. The quantitative estimate of drug-likeness (QED) is 0.462. The Morgan fingerprint density at radius 1 is 1.35 bits per heavy atom. The van der Waals surface area contributed by atoms with Crippen LogP contribution in [0.3, 0.4) is 0 Å². The second-order valence-electron chi connectivity index (χ2n) is 4.80. The highest BCUT2D eigenvalue weighted by molar-refractivity contribution is 5.55. The number of ether oxygens (including phenoxy) is 1. The lowest BCUT2D eigenvalue weighted by atomic mass is 10.2. The topological polar surface area (TPSA) is 36.9 Å². The molecule has 0 atom stereocenters. The zero-order chi connectivity index (χ0) is 15.4. The first-order chi connectivity index (χ1) is 9.63. The van der Waals surface area contributed by atoms with E-state index in [1.54, 1.807) is 0 Å². The first-order valence-corrected chi connectivity index (χ1v) is 7.61. The van der Waals surface area contributed by atoms with Crippen LogP contribution in [-0.2, 0) is 4.74 Å². The van der Waals surface area contributed by atoms with Gasteiger partial charge in [-0.15, -0.1) is 0 Å². The van der Waals surface area contributed by atoms with Crippen LogP contribution in [-0.4, -0.2) is 43.9 Å². The fourth-order valence-electron chi connectivity index (χ4n) is 1.70. The minimum atomic E-state index is 0.507. The summed E-state index contributed by atoms with van der Waals surface area (Å²) in [6.07, 6.45) is 3.73. The molecular formula is C16H31N3O. The summed E-state index contributed by atoms with van der Waals surface area (Å²) in [7, 11) is 0. The van der Waals surface area contributed by atoms with Gasteiger partial charge in [-0.1, -0.05) is 34.3 Å². The Morgan fingerprint density at radius 3 is 2.45 bits per heavy atom. The van der Waals surface area contributed by atoms with Gasteiger partial charge in [-0.2, -0.15) is 0 Å². The third-order valence-electron chi connectivity index (χ3n) is 2.59. The average Bonchev–Trinajstić information content (AvgIpc) is 2.48.